The predicted octanol–water partition coefficient (Wildman–Crippen LogP) is 5.69. The maximum atomic E-state index is 13.4. The van der Waals surface area contributed by atoms with Crippen molar-refractivity contribution in [1.82, 2.24) is 10.3 Å². The Balaban J connectivity index is 1.34. The molecular formula is C27H25N5O3S. The zero-order chi connectivity index (χ0) is 24.8. The number of hydrogen-bond donors (Lipinski definition) is 3. The predicted molar refractivity (Wildman–Crippen MR) is 142 cm³/mol. The van der Waals surface area contributed by atoms with E-state index >= 15 is 0 Å². The van der Waals surface area contributed by atoms with Gasteiger partial charge in [-0.15, -0.1) is 11.3 Å². The molecule has 1 aliphatic heterocycles. The second kappa shape index (κ2) is 8.92. The van der Waals surface area contributed by atoms with E-state index in [-0.39, 0.29) is 24.0 Å². The van der Waals surface area contributed by atoms with Crippen LogP contribution in [0.4, 0.5) is 21.9 Å². The van der Waals surface area contributed by atoms with Crippen molar-refractivity contribution < 1.29 is 14.3 Å². The van der Waals surface area contributed by atoms with Gasteiger partial charge in [0.15, 0.2) is 0 Å². The summed E-state index contributed by atoms with van der Waals surface area (Å²) in [4.78, 5) is 33.8. The Labute approximate surface area is 212 Å². The third-order valence-electron chi connectivity index (χ3n) is 6.65. The normalized spacial score (nSPS) is 18.8. The summed E-state index contributed by atoms with van der Waals surface area (Å²) >= 11 is 1.29. The lowest BCUT2D eigenvalue weighted by atomic mass is 10.1. The number of urea groups is 1. The average molecular weight is 500 g/mol. The Morgan fingerprint density at radius 1 is 1.14 bits per heavy atom. The van der Waals surface area contributed by atoms with Crippen molar-refractivity contribution >= 4 is 50.6 Å². The number of para-hydroxylation sites is 1. The molecule has 0 saturated heterocycles. The quantitative estimate of drug-likeness (QED) is 0.327. The maximum absolute atomic E-state index is 13.4. The minimum atomic E-state index is -0.329. The number of pyridine rings is 1. The molecule has 4 N–H and O–H groups in total. The molecule has 6 rings (SSSR count). The van der Waals surface area contributed by atoms with Gasteiger partial charge in [-0.2, -0.15) is 0 Å². The van der Waals surface area contributed by atoms with E-state index in [9.17, 15) is 9.59 Å². The molecule has 3 amide bonds. The number of carbonyl (C=O) groups excluding carboxylic acids is 2. The van der Waals surface area contributed by atoms with Crippen molar-refractivity contribution in [2.45, 2.75) is 38.3 Å². The van der Waals surface area contributed by atoms with Gasteiger partial charge in [-0.3, -0.25) is 9.69 Å². The number of anilines is 3. The zero-order valence-electron chi connectivity index (χ0n) is 19.7. The fraction of sp³-hybridized carbons (Fsp3) is 0.222. The number of aryl methyl sites for hydroxylation is 1. The summed E-state index contributed by atoms with van der Waals surface area (Å²) in [6, 6.07) is 16.8. The number of thiophene rings is 1. The fourth-order valence-corrected chi connectivity index (χ4v) is 5.97. The smallest absolute Gasteiger partial charge is 0.331 e. The van der Waals surface area contributed by atoms with Crippen LogP contribution in [0.15, 0.2) is 60.8 Å². The van der Waals surface area contributed by atoms with Crippen LogP contribution in [0, 0.1) is 6.92 Å². The number of nitrogens with two attached hydrogens (primary N) is 1. The summed E-state index contributed by atoms with van der Waals surface area (Å²) in [5, 5.41) is 6.80. The topological polar surface area (TPSA) is 110 Å². The molecular weight excluding hydrogens is 474 g/mol. The molecule has 1 saturated carbocycles. The van der Waals surface area contributed by atoms with E-state index in [1.165, 1.54) is 11.3 Å². The molecule has 0 unspecified atom stereocenters. The first-order valence-corrected chi connectivity index (χ1v) is 12.7. The first-order valence-electron chi connectivity index (χ1n) is 11.9. The minimum absolute atomic E-state index is 0.0485. The number of ether oxygens (including phenoxy) is 1. The first kappa shape index (κ1) is 22.5. The number of hydrogen-bond acceptors (Lipinski definition) is 6. The lowest BCUT2D eigenvalue weighted by Gasteiger charge is -2.29. The van der Waals surface area contributed by atoms with Crippen molar-refractivity contribution in [3.05, 3.63) is 71.2 Å². The molecule has 182 valence electrons. The van der Waals surface area contributed by atoms with Crippen LogP contribution in [0.25, 0.3) is 10.2 Å². The summed E-state index contributed by atoms with van der Waals surface area (Å²) in [6.07, 6.45) is 4.19. The third kappa shape index (κ3) is 3.96. The lowest BCUT2D eigenvalue weighted by Crippen LogP contribution is -2.36. The SMILES string of the molecule is Cc1cc(Oc2ccccc2)ccc1N1C(=O)Nc2c(C(=O)N[C@@H]3CC[C@H](N)C3)sc3nccc1c23. The van der Waals surface area contributed by atoms with Gasteiger partial charge in [-0.1, -0.05) is 18.2 Å². The highest BCUT2D eigenvalue weighted by Gasteiger charge is 2.34. The standard InChI is InChI=1S/C27H25N5O3S/c1-15-13-19(35-18-5-3-2-4-6-18)9-10-20(15)32-21-11-12-29-26-22(21)23(31-27(32)34)24(36-26)25(33)30-17-8-7-16(28)14-17/h2-6,9-13,16-17H,7-8,14,28H2,1H3,(H,30,33)(H,31,34)/t16-,17+/m0/s1. The molecule has 1 aliphatic carbocycles. The van der Waals surface area contributed by atoms with Crippen LogP contribution in [-0.2, 0) is 0 Å². The Morgan fingerprint density at radius 2 is 1.97 bits per heavy atom. The highest BCUT2D eigenvalue weighted by Crippen LogP contribution is 2.46. The Hall–Kier alpha value is -3.95. The molecule has 2 atom stereocenters. The molecule has 1 fully saturated rings. The van der Waals surface area contributed by atoms with E-state index in [1.807, 2.05) is 61.5 Å². The van der Waals surface area contributed by atoms with Gasteiger partial charge in [-0.25, -0.2) is 9.78 Å². The molecule has 0 bridgehead atoms. The van der Waals surface area contributed by atoms with E-state index in [0.717, 1.165) is 41.6 Å². The largest absolute Gasteiger partial charge is 0.457 e. The van der Waals surface area contributed by atoms with Crippen molar-refractivity contribution in [2.24, 2.45) is 5.73 Å². The maximum Gasteiger partial charge on any atom is 0.331 e. The molecule has 36 heavy (non-hydrogen) atoms. The van der Waals surface area contributed by atoms with Crippen molar-refractivity contribution in [3.63, 3.8) is 0 Å². The molecule has 2 aromatic heterocycles. The molecule has 3 heterocycles. The average Bonchev–Trinajstić information content (AvgIpc) is 3.44. The number of aromatic nitrogens is 1. The molecule has 4 aromatic rings. The van der Waals surface area contributed by atoms with E-state index in [2.05, 4.69) is 15.6 Å². The minimum Gasteiger partial charge on any atom is -0.457 e. The number of nitrogens with one attached hydrogen (secondary N) is 2. The molecule has 9 heteroatoms. The van der Waals surface area contributed by atoms with Gasteiger partial charge in [-0.05, 0) is 68.1 Å². The van der Waals surface area contributed by atoms with Gasteiger partial charge in [0, 0.05) is 18.3 Å². The van der Waals surface area contributed by atoms with Crippen LogP contribution in [0.3, 0.4) is 0 Å². The van der Waals surface area contributed by atoms with Crippen molar-refractivity contribution in [3.8, 4) is 11.5 Å². The van der Waals surface area contributed by atoms with Crippen molar-refractivity contribution in [1.29, 1.82) is 0 Å². The lowest BCUT2D eigenvalue weighted by molar-refractivity contribution is 0.0942. The van der Waals surface area contributed by atoms with Gasteiger partial charge in [0.25, 0.3) is 5.91 Å². The van der Waals surface area contributed by atoms with Crippen LogP contribution in [0.5, 0.6) is 11.5 Å². The summed E-state index contributed by atoms with van der Waals surface area (Å²) in [5.41, 5.74) is 8.81. The summed E-state index contributed by atoms with van der Waals surface area (Å²) in [5.74, 6) is 1.22. The van der Waals surface area contributed by atoms with Gasteiger partial charge < -0.3 is 21.1 Å². The highest BCUT2D eigenvalue weighted by molar-refractivity contribution is 7.21. The van der Waals surface area contributed by atoms with Crippen LogP contribution in [0.2, 0.25) is 0 Å². The summed E-state index contributed by atoms with van der Waals surface area (Å²) < 4.78 is 5.95. The summed E-state index contributed by atoms with van der Waals surface area (Å²) in [6.45, 7) is 1.94. The molecule has 2 aliphatic rings. The molecule has 8 nitrogen and oxygen atoms in total. The van der Waals surface area contributed by atoms with E-state index in [4.69, 9.17) is 10.5 Å². The third-order valence-corrected chi connectivity index (χ3v) is 7.75. The number of amides is 3. The number of carbonyl (C=O) groups is 2. The first-order chi connectivity index (χ1) is 17.5. The van der Waals surface area contributed by atoms with Gasteiger partial charge in [0.05, 0.1) is 22.4 Å². The number of rotatable bonds is 5. The van der Waals surface area contributed by atoms with E-state index < -0.39 is 0 Å². The van der Waals surface area contributed by atoms with E-state index in [0.29, 0.717) is 26.8 Å². The van der Waals surface area contributed by atoms with Crippen molar-refractivity contribution in [2.75, 3.05) is 10.2 Å². The molecule has 2 aromatic carbocycles. The Morgan fingerprint density at radius 3 is 2.72 bits per heavy atom. The monoisotopic (exact) mass is 499 g/mol. The Bertz CT molecular complexity index is 1490. The number of benzene rings is 2. The van der Waals surface area contributed by atoms with Crippen LogP contribution >= 0.6 is 11.3 Å². The fourth-order valence-electron chi connectivity index (χ4n) is 4.95. The van der Waals surface area contributed by atoms with Crippen LogP contribution < -0.4 is 26.0 Å². The summed E-state index contributed by atoms with van der Waals surface area (Å²) in [7, 11) is 0. The number of nitrogens with zero attached hydrogens (tertiary/aromatic N) is 2. The van der Waals surface area contributed by atoms with E-state index in [1.54, 1.807) is 11.1 Å². The second-order valence-corrected chi connectivity index (χ2v) is 10.2. The highest BCUT2D eigenvalue weighted by atomic mass is 32.1. The Kier molecular flexibility index (Phi) is 5.58. The van der Waals surface area contributed by atoms with Gasteiger partial charge in [0.1, 0.15) is 21.2 Å². The zero-order valence-corrected chi connectivity index (χ0v) is 20.5. The van der Waals surface area contributed by atoms with Gasteiger partial charge in [0.2, 0.25) is 0 Å². The second-order valence-electron chi connectivity index (χ2n) is 9.19. The molecule has 0 radical (unpaired) electrons. The van der Waals surface area contributed by atoms with Crippen LogP contribution in [0.1, 0.15) is 34.5 Å². The molecule has 0 spiro atoms. The van der Waals surface area contributed by atoms with Gasteiger partial charge >= 0.3 is 6.03 Å². The van der Waals surface area contributed by atoms with Crippen LogP contribution in [-0.4, -0.2) is 29.0 Å².